The molecule has 9 nitrogen and oxygen atoms in total. The van der Waals surface area contributed by atoms with Gasteiger partial charge in [0.2, 0.25) is 0 Å². The van der Waals surface area contributed by atoms with Crippen molar-refractivity contribution in [3.05, 3.63) is 6.33 Å². The summed E-state index contributed by atoms with van der Waals surface area (Å²) in [7, 11) is -4.64. The lowest BCUT2D eigenvalue weighted by Crippen LogP contribution is -2.63. The molecule has 10 heteroatoms. The Hall–Kier alpha value is -1.68. The van der Waals surface area contributed by atoms with Crippen LogP contribution in [0.1, 0.15) is 0 Å². The summed E-state index contributed by atoms with van der Waals surface area (Å²) in [6.07, 6.45) is 1.29. The minimum Gasteiger partial charge on any atom is -0.382 e. The third-order valence-electron chi connectivity index (χ3n) is 1.46. The van der Waals surface area contributed by atoms with Crippen LogP contribution in [-0.4, -0.2) is 19.9 Å². The van der Waals surface area contributed by atoms with E-state index in [0.717, 1.165) is 0 Å². The number of halogens is 1. The highest BCUT2D eigenvalue weighted by molar-refractivity contribution is 5.81. The highest BCUT2D eigenvalue weighted by atomic mass is 35.7. The molecule has 0 spiro atoms. The number of hydrogen-bond donors (Lipinski definition) is 2. The Balaban J connectivity index is 2.45. The van der Waals surface area contributed by atoms with Crippen molar-refractivity contribution < 1.29 is 28.5 Å². The Morgan fingerprint density at radius 2 is 2.07 bits per heavy atom. The molecule has 0 unspecified atom stereocenters. The summed E-state index contributed by atoms with van der Waals surface area (Å²) in [5.41, 5.74) is 5.86. The Morgan fingerprint density at radius 3 is 2.73 bits per heavy atom. The Kier molecular flexibility index (Phi) is 2.08. The van der Waals surface area contributed by atoms with E-state index in [1.165, 1.54) is 6.33 Å². The minimum absolute atomic E-state index is 0.0636. The SMILES string of the molecule is Nc1nc(O[Cl+3]([O-])([O-])[O-])nc2nc[nH]c12. The number of H-pyrrole nitrogens is 1. The van der Waals surface area contributed by atoms with Crippen molar-refractivity contribution >= 4 is 17.0 Å². The topological polar surface area (TPSA) is 159 Å². The van der Waals surface area contributed by atoms with Gasteiger partial charge in [-0.15, -0.1) is 0 Å². The van der Waals surface area contributed by atoms with Crippen molar-refractivity contribution in [1.29, 1.82) is 0 Å². The fourth-order valence-electron chi connectivity index (χ4n) is 0.954. The largest absolute Gasteiger partial charge is 0.483 e. The van der Waals surface area contributed by atoms with Crippen LogP contribution in [0.3, 0.4) is 0 Å². The first kappa shape index (κ1) is 9.86. The van der Waals surface area contributed by atoms with Gasteiger partial charge in [-0.25, -0.2) is 4.98 Å². The number of nitrogens with zero attached hydrogens (tertiary/aromatic N) is 3. The highest BCUT2D eigenvalue weighted by Crippen LogP contribution is 2.17. The fourth-order valence-corrected chi connectivity index (χ4v) is 1.19. The normalized spacial score (nSPS) is 11.9. The maximum absolute atomic E-state index is 10.2. The number of hydrogen-bond acceptors (Lipinski definition) is 8. The number of aromatic amines is 1. The standard InChI is InChI=1S/C5H4ClN5O4/c7-3-2-4(9-1-8-2)11-5(10-3)15-6(12,13)14/h1H,(H3,7,8,9,10,11). The van der Waals surface area contributed by atoms with Crippen LogP contribution in [0.15, 0.2) is 6.33 Å². The lowest BCUT2D eigenvalue weighted by atomic mass is 10.5. The number of rotatable bonds is 2. The third-order valence-corrected chi connectivity index (χ3v) is 1.78. The van der Waals surface area contributed by atoms with E-state index < -0.39 is 16.3 Å². The van der Waals surface area contributed by atoms with Gasteiger partial charge in [-0.05, 0) is 4.29 Å². The molecule has 0 aliphatic carbocycles. The van der Waals surface area contributed by atoms with Gasteiger partial charge in [-0.2, -0.15) is 23.9 Å². The first-order valence-corrected chi connectivity index (χ1v) is 4.76. The molecule has 0 fully saturated rings. The molecule has 80 valence electrons. The molecule has 2 aromatic heterocycles. The average Bonchev–Trinajstić information content (AvgIpc) is 2.48. The van der Waals surface area contributed by atoms with Gasteiger partial charge in [-0.1, -0.05) is 0 Å². The lowest BCUT2D eigenvalue weighted by Gasteiger charge is -2.10. The molecule has 0 saturated heterocycles. The van der Waals surface area contributed by atoms with E-state index in [-0.39, 0.29) is 11.5 Å². The maximum Gasteiger partial charge on any atom is 0.483 e. The van der Waals surface area contributed by atoms with Crippen LogP contribution in [-0.2, 0) is 0 Å². The Bertz CT molecular complexity index is 494. The number of nitrogens with two attached hydrogens (primary N) is 1. The molecule has 2 aromatic rings. The molecule has 0 atom stereocenters. The zero-order chi connectivity index (χ0) is 11.1. The zero-order valence-corrected chi connectivity index (χ0v) is 7.76. The summed E-state index contributed by atoms with van der Waals surface area (Å²) in [6, 6.07) is -0.663. The van der Waals surface area contributed by atoms with Crippen LogP contribution in [0, 0.1) is 10.2 Å². The van der Waals surface area contributed by atoms with Crippen molar-refractivity contribution in [1.82, 2.24) is 19.9 Å². The van der Waals surface area contributed by atoms with E-state index >= 15 is 0 Å². The molecule has 0 amide bonds. The molecular formula is C5H4ClN5O4. The van der Waals surface area contributed by atoms with E-state index in [2.05, 4.69) is 24.2 Å². The second kappa shape index (κ2) is 3.17. The van der Waals surface area contributed by atoms with Crippen LogP contribution in [0.5, 0.6) is 6.01 Å². The zero-order valence-electron chi connectivity index (χ0n) is 7.01. The number of aromatic nitrogens is 4. The second-order valence-corrected chi connectivity index (χ2v) is 3.36. The Morgan fingerprint density at radius 1 is 1.33 bits per heavy atom. The van der Waals surface area contributed by atoms with Crippen molar-refractivity contribution in [3.63, 3.8) is 0 Å². The van der Waals surface area contributed by atoms with Crippen LogP contribution >= 0.6 is 0 Å². The molecule has 0 saturated carbocycles. The summed E-state index contributed by atoms with van der Waals surface area (Å²) in [4.78, 5) is 13.3. The smallest absolute Gasteiger partial charge is 0.382 e. The number of fused-ring (bicyclic) bond motifs is 1. The van der Waals surface area contributed by atoms with Gasteiger partial charge in [0.1, 0.15) is 15.8 Å². The summed E-state index contributed by atoms with van der Waals surface area (Å²) >= 11 is 0. The first-order chi connectivity index (χ1) is 6.96. The van der Waals surface area contributed by atoms with Crippen LogP contribution < -0.4 is 24.0 Å². The van der Waals surface area contributed by atoms with Crippen molar-refractivity contribution in [2.24, 2.45) is 0 Å². The molecule has 0 aliphatic rings. The van der Waals surface area contributed by atoms with Gasteiger partial charge in [0, 0.05) is 0 Å². The van der Waals surface area contributed by atoms with Gasteiger partial charge >= 0.3 is 6.01 Å². The molecule has 0 aliphatic heterocycles. The number of nitrogens with one attached hydrogen (secondary N) is 1. The Labute approximate surface area is 84.3 Å². The monoisotopic (exact) mass is 233 g/mol. The predicted octanol–water partition coefficient (Wildman–Crippen LogP) is -3.79. The fraction of sp³-hybridized carbons (Fsp3) is 0. The van der Waals surface area contributed by atoms with Gasteiger partial charge in [0.05, 0.1) is 6.33 Å². The number of nitrogen functional groups attached to an aromatic ring is 1. The second-order valence-electron chi connectivity index (χ2n) is 2.45. The molecule has 15 heavy (non-hydrogen) atoms. The summed E-state index contributed by atoms with van der Waals surface area (Å²) in [5.74, 6) is -0.0636. The van der Waals surface area contributed by atoms with Gasteiger partial charge in [-0.3, -0.25) is 0 Å². The average molecular weight is 234 g/mol. The summed E-state index contributed by atoms with van der Waals surface area (Å²) in [6.45, 7) is 0. The van der Waals surface area contributed by atoms with Crippen LogP contribution in [0.25, 0.3) is 11.2 Å². The number of anilines is 1. The summed E-state index contributed by atoms with van der Waals surface area (Å²) in [5, 5.41) is 0. The van der Waals surface area contributed by atoms with E-state index in [1.54, 1.807) is 0 Å². The van der Waals surface area contributed by atoms with Crippen molar-refractivity contribution in [3.8, 4) is 6.01 Å². The number of imidazole rings is 1. The molecule has 0 bridgehead atoms. The van der Waals surface area contributed by atoms with Crippen LogP contribution in [0.4, 0.5) is 5.82 Å². The predicted molar refractivity (Wildman–Crippen MR) is 36.7 cm³/mol. The molecule has 2 heterocycles. The molecule has 0 aromatic carbocycles. The summed E-state index contributed by atoms with van der Waals surface area (Å²) < 4.78 is 34.6. The first-order valence-electron chi connectivity index (χ1n) is 3.52. The lowest BCUT2D eigenvalue weighted by molar-refractivity contribution is -1.91. The molecule has 2 rings (SSSR count). The molecule has 0 radical (unpaired) electrons. The van der Waals surface area contributed by atoms with E-state index in [9.17, 15) is 14.0 Å². The van der Waals surface area contributed by atoms with Gasteiger partial charge in [0.15, 0.2) is 11.5 Å². The highest BCUT2D eigenvalue weighted by Gasteiger charge is 2.24. The maximum atomic E-state index is 10.2. The van der Waals surface area contributed by atoms with Crippen LogP contribution in [0.2, 0.25) is 0 Å². The van der Waals surface area contributed by atoms with Gasteiger partial charge < -0.3 is 10.7 Å². The van der Waals surface area contributed by atoms with E-state index in [4.69, 9.17) is 5.73 Å². The third kappa shape index (κ3) is 2.05. The quantitative estimate of drug-likeness (QED) is 0.534. The van der Waals surface area contributed by atoms with Crippen molar-refractivity contribution in [2.45, 2.75) is 0 Å². The van der Waals surface area contributed by atoms with Gasteiger partial charge in [0.25, 0.3) is 0 Å². The van der Waals surface area contributed by atoms with E-state index in [1.807, 2.05) is 0 Å². The molecular weight excluding hydrogens is 230 g/mol. The van der Waals surface area contributed by atoms with E-state index in [0.29, 0.717) is 5.52 Å². The minimum atomic E-state index is -4.64. The molecule has 3 N–H and O–H groups in total. The van der Waals surface area contributed by atoms with Crippen molar-refractivity contribution in [2.75, 3.05) is 5.73 Å².